The van der Waals surface area contributed by atoms with E-state index < -0.39 is 0 Å². The first kappa shape index (κ1) is 11.7. The molecule has 5 nitrogen and oxygen atoms in total. The molecule has 1 aliphatic rings. The topological polar surface area (TPSA) is 78.4 Å². The lowest BCUT2D eigenvalue weighted by Crippen LogP contribution is -2.20. The number of aromatic hydroxyl groups is 1. The summed E-state index contributed by atoms with van der Waals surface area (Å²) in [6, 6.07) is 1.42. The number of hydrogen-bond acceptors (Lipinski definition) is 3. The van der Waals surface area contributed by atoms with Crippen LogP contribution in [0.15, 0.2) is 6.07 Å². The monoisotopic (exact) mass is 254 g/mol. The second kappa shape index (κ2) is 4.25. The molecule has 1 heterocycles. The maximum Gasteiger partial charge on any atom is 0.224 e. The van der Waals surface area contributed by atoms with Crippen molar-refractivity contribution >= 4 is 34.8 Å². The molecule has 0 atom stereocenters. The Labute approximate surface area is 103 Å². The lowest BCUT2D eigenvalue weighted by molar-refractivity contribution is -0.116. The van der Waals surface area contributed by atoms with E-state index in [0.717, 1.165) is 0 Å². The Morgan fingerprint density at radius 2 is 2.24 bits per heavy atom. The molecule has 0 saturated carbocycles. The van der Waals surface area contributed by atoms with Crippen molar-refractivity contribution in [3.63, 3.8) is 0 Å². The fourth-order valence-corrected chi connectivity index (χ4v) is 2.07. The van der Waals surface area contributed by atoms with Crippen molar-refractivity contribution < 1.29 is 14.7 Å². The predicted octanol–water partition coefficient (Wildman–Crippen LogP) is 1.89. The van der Waals surface area contributed by atoms with Crippen LogP contribution in [0.1, 0.15) is 18.9 Å². The van der Waals surface area contributed by atoms with Crippen molar-refractivity contribution in [2.45, 2.75) is 19.8 Å². The molecule has 0 aromatic heterocycles. The van der Waals surface area contributed by atoms with Crippen molar-refractivity contribution in [1.29, 1.82) is 0 Å². The molecule has 0 bridgehead atoms. The van der Waals surface area contributed by atoms with Gasteiger partial charge in [0.05, 0.1) is 16.4 Å². The summed E-state index contributed by atoms with van der Waals surface area (Å²) in [7, 11) is 0. The molecule has 0 unspecified atom stereocenters. The van der Waals surface area contributed by atoms with E-state index in [4.69, 9.17) is 11.6 Å². The molecule has 17 heavy (non-hydrogen) atoms. The number of carbonyl (C=O) groups is 2. The summed E-state index contributed by atoms with van der Waals surface area (Å²) in [6.07, 6.45) is 0.695. The normalized spacial score (nSPS) is 13.9. The minimum atomic E-state index is -0.295. The van der Waals surface area contributed by atoms with Gasteiger partial charge in [0.25, 0.3) is 0 Å². The summed E-state index contributed by atoms with van der Waals surface area (Å²) < 4.78 is 0. The zero-order valence-electron chi connectivity index (χ0n) is 9.13. The highest BCUT2D eigenvalue weighted by Crippen LogP contribution is 2.41. The lowest BCUT2D eigenvalue weighted by Gasteiger charge is -2.21. The zero-order chi connectivity index (χ0) is 12.6. The number of nitrogens with one attached hydrogen (secondary N) is 2. The van der Waals surface area contributed by atoms with E-state index in [1.54, 1.807) is 0 Å². The highest BCUT2D eigenvalue weighted by Gasteiger charge is 2.23. The molecular formula is C11H11ClN2O3. The Kier molecular flexibility index (Phi) is 2.93. The largest absolute Gasteiger partial charge is 0.505 e. The standard InChI is InChI=1S/C11H11ClN2O3/c1-5(15)13-8-4-7(12)10-6(11(8)17)2-3-9(16)14-10/h4,17H,2-3H2,1H3,(H,13,15)(H,14,16). The number of rotatable bonds is 1. The first-order valence-electron chi connectivity index (χ1n) is 5.11. The number of amides is 2. The minimum absolute atomic E-state index is 0.0420. The summed E-state index contributed by atoms with van der Waals surface area (Å²) in [5.74, 6) is -0.471. The summed E-state index contributed by atoms with van der Waals surface area (Å²) >= 11 is 5.99. The molecule has 6 heteroatoms. The van der Waals surface area contributed by atoms with Gasteiger partial charge in [-0.05, 0) is 12.5 Å². The molecule has 2 rings (SSSR count). The number of benzene rings is 1. The molecule has 90 valence electrons. The molecular weight excluding hydrogens is 244 g/mol. The van der Waals surface area contributed by atoms with Crippen molar-refractivity contribution in [2.75, 3.05) is 10.6 Å². The van der Waals surface area contributed by atoms with Crippen molar-refractivity contribution in [1.82, 2.24) is 0 Å². The smallest absolute Gasteiger partial charge is 0.224 e. The van der Waals surface area contributed by atoms with Crippen molar-refractivity contribution in [3.8, 4) is 5.75 Å². The quantitative estimate of drug-likeness (QED) is 0.670. The Hall–Kier alpha value is -1.75. The molecule has 0 aliphatic carbocycles. The van der Waals surface area contributed by atoms with Crippen molar-refractivity contribution in [3.05, 3.63) is 16.7 Å². The third kappa shape index (κ3) is 2.19. The van der Waals surface area contributed by atoms with Gasteiger partial charge in [-0.2, -0.15) is 0 Å². The van der Waals surface area contributed by atoms with Gasteiger partial charge in [-0.15, -0.1) is 0 Å². The van der Waals surface area contributed by atoms with Crippen LogP contribution in [0.25, 0.3) is 0 Å². The average molecular weight is 255 g/mol. The highest BCUT2D eigenvalue weighted by molar-refractivity contribution is 6.34. The second-order valence-electron chi connectivity index (χ2n) is 3.84. The van der Waals surface area contributed by atoms with Crippen LogP contribution in [0.4, 0.5) is 11.4 Å². The highest BCUT2D eigenvalue weighted by atomic mass is 35.5. The molecule has 1 aromatic carbocycles. The van der Waals surface area contributed by atoms with E-state index in [0.29, 0.717) is 29.1 Å². The third-order valence-electron chi connectivity index (χ3n) is 2.53. The van der Waals surface area contributed by atoms with E-state index in [9.17, 15) is 14.7 Å². The fourth-order valence-electron chi connectivity index (χ4n) is 1.80. The number of phenols is 1. The number of carbonyl (C=O) groups excluding carboxylic acids is 2. The van der Waals surface area contributed by atoms with Crippen LogP contribution in [0.3, 0.4) is 0 Å². The van der Waals surface area contributed by atoms with Crippen LogP contribution in [-0.2, 0) is 16.0 Å². The SMILES string of the molecule is CC(=O)Nc1cc(Cl)c2c(c1O)CCC(=O)N2. The number of halogens is 1. The Balaban J connectivity index is 2.51. The van der Waals surface area contributed by atoms with Gasteiger partial charge < -0.3 is 15.7 Å². The van der Waals surface area contributed by atoms with Gasteiger partial charge in [-0.3, -0.25) is 9.59 Å². The van der Waals surface area contributed by atoms with Gasteiger partial charge in [0.1, 0.15) is 5.75 Å². The molecule has 0 spiro atoms. The van der Waals surface area contributed by atoms with Crippen LogP contribution >= 0.6 is 11.6 Å². The Morgan fingerprint density at radius 1 is 1.53 bits per heavy atom. The summed E-state index contributed by atoms with van der Waals surface area (Å²) in [5, 5.41) is 15.4. The summed E-state index contributed by atoms with van der Waals surface area (Å²) in [6.45, 7) is 1.34. The molecule has 3 N–H and O–H groups in total. The fraction of sp³-hybridized carbons (Fsp3) is 0.273. The molecule has 1 aromatic rings. The van der Waals surface area contributed by atoms with Gasteiger partial charge in [0.2, 0.25) is 11.8 Å². The molecule has 0 saturated heterocycles. The first-order valence-corrected chi connectivity index (χ1v) is 5.48. The maximum atomic E-state index is 11.2. The maximum absolute atomic E-state index is 11.2. The second-order valence-corrected chi connectivity index (χ2v) is 4.24. The van der Waals surface area contributed by atoms with Gasteiger partial charge in [0, 0.05) is 18.9 Å². The van der Waals surface area contributed by atoms with Crippen LogP contribution < -0.4 is 10.6 Å². The Bertz CT molecular complexity index is 514. The van der Waals surface area contributed by atoms with E-state index >= 15 is 0 Å². The van der Waals surface area contributed by atoms with Gasteiger partial charge in [0.15, 0.2) is 0 Å². The molecule has 0 fully saturated rings. The van der Waals surface area contributed by atoms with Crippen LogP contribution in [0.5, 0.6) is 5.75 Å². The third-order valence-corrected chi connectivity index (χ3v) is 2.83. The summed E-state index contributed by atoms with van der Waals surface area (Å²) in [5.41, 5.74) is 1.24. The molecule has 0 radical (unpaired) electrons. The zero-order valence-corrected chi connectivity index (χ0v) is 9.89. The van der Waals surface area contributed by atoms with Gasteiger partial charge >= 0.3 is 0 Å². The van der Waals surface area contributed by atoms with Crippen LogP contribution in [0.2, 0.25) is 5.02 Å². The Morgan fingerprint density at radius 3 is 2.88 bits per heavy atom. The molecule has 2 amide bonds. The lowest BCUT2D eigenvalue weighted by atomic mass is 10.0. The average Bonchev–Trinajstić information content (AvgIpc) is 2.25. The van der Waals surface area contributed by atoms with E-state index in [-0.39, 0.29) is 23.3 Å². The summed E-state index contributed by atoms with van der Waals surface area (Å²) in [4.78, 5) is 22.2. The van der Waals surface area contributed by atoms with Crippen LogP contribution in [0, 0.1) is 0 Å². The number of hydrogen-bond donors (Lipinski definition) is 3. The van der Waals surface area contributed by atoms with E-state index in [1.165, 1.54) is 13.0 Å². The van der Waals surface area contributed by atoms with Gasteiger partial charge in [-0.1, -0.05) is 11.6 Å². The number of fused-ring (bicyclic) bond motifs is 1. The number of phenolic OH excluding ortho intramolecular Hbond substituents is 1. The van der Waals surface area contributed by atoms with E-state index in [2.05, 4.69) is 10.6 Å². The number of anilines is 2. The predicted molar refractivity (Wildman–Crippen MR) is 64.4 cm³/mol. The van der Waals surface area contributed by atoms with Gasteiger partial charge in [-0.25, -0.2) is 0 Å². The van der Waals surface area contributed by atoms with Crippen molar-refractivity contribution in [2.24, 2.45) is 0 Å². The minimum Gasteiger partial charge on any atom is -0.505 e. The molecule has 1 aliphatic heterocycles. The first-order chi connectivity index (χ1) is 7.99. The van der Waals surface area contributed by atoms with Crippen LogP contribution in [-0.4, -0.2) is 16.9 Å². The van der Waals surface area contributed by atoms with E-state index in [1.807, 2.05) is 0 Å².